The molecule has 0 saturated carbocycles. The molecule has 0 atom stereocenters. The van der Waals surface area contributed by atoms with Crippen LogP contribution in [0, 0.1) is 0 Å². The zero-order valence-electron chi connectivity index (χ0n) is 5.06. The predicted molar refractivity (Wildman–Crippen MR) is 44.5 cm³/mol. The van der Waals surface area contributed by atoms with Crippen LogP contribution in [0.1, 0.15) is 0 Å². The van der Waals surface area contributed by atoms with Crippen molar-refractivity contribution in [1.82, 2.24) is 0 Å². The molecule has 0 aromatic heterocycles. The summed E-state index contributed by atoms with van der Waals surface area (Å²) in [5.41, 5.74) is 0. The van der Waals surface area contributed by atoms with Crippen molar-refractivity contribution in [3.63, 3.8) is 0 Å². The molecule has 0 aliphatic carbocycles. The first kappa shape index (κ1) is 11.8. The van der Waals surface area contributed by atoms with Gasteiger partial charge in [-0.05, 0) is 12.1 Å². The number of hydrogen-bond acceptors (Lipinski definition) is 3. The van der Waals surface area contributed by atoms with Gasteiger partial charge in [0, 0.05) is 0 Å². The minimum absolute atomic E-state index is 0. The van der Waals surface area contributed by atoms with Gasteiger partial charge in [0.1, 0.15) is 5.75 Å². The average molecular weight is 245 g/mol. The van der Waals surface area contributed by atoms with Gasteiger partial charge in [0.2, 0.25) is 0 Å². The van der Waals surface area contributed by atoms with E-state index in [0.29, 0.717) is 5.75 Å². The van der Waals surface area contributed by atoms with E-state index < -0.39 is 11.0 Å². The van der Waals surface area contributed by atoms with Crippen LogP contribution in [0.3, 0.4) is 0 Å². The summed E-state index contributed by atoms with van der Waals surface area (Å²) in [4.78, 5) is 0. The molecule has 0 amide bonds. The standard InChI is InChI=1S/C6H6O3S.Rb.H/c7-10(8)9-6-4-2-1-3-5-6;;/h1-5,10H;;. The Morgan fingerprint density at radius 1 is 1.09 bits per heavy atom. The first-order chi connectivity index (χ1) is 4.79. The summed E-state index contributed by atoms with van der Waals surface area (Å²) in [6.45, 7) is 0. The molecule has 0 spiro atoms. The second-order valence-corrected chi connectivity index (χ2v) is 2.26. The van der Waals surface area contributed by atoms with E-state index in [9.17, 15) is 8.42 Å². The van der Waals surface area contributed by atoms with E-state index in [-0.39, 0.29) is 58.2 Å². The van der Waals surface area contributed by atoms with E-state index in [4.69, 9.17) is 0 Å². The number of thiol groups is 1. The quantitative estimate of drug-likeness (QED) is 0.742. The minimum atomic E-state index is -2.78. The first-order valence-electron chi connectivity index (χ1n) is 2.66. The molecule has 3 nitrogen and oxygen atoms in total. The fourth-order valence-electron chi connectivity index (χ4n) is 0.567. The van der Waals surface area contributed by atoms with Crippen molar-refractivity contribution >= 4 is 69.2 Å². The number of rotatable bonds is 2. The number of hydrogen-bond donors (Lipinski definition) is 1. The molecule has 0 heterocycles. The van der Waals surface area contributed by atoms with Crippen molar-refractivity contribution in [2.75, 3.05) is 0 Å². The van der Waals surface area contributed by atoms with E-state index in [0.717, 1.165) is 0 Å². The van der Waals surface area contributed by atoms with Crippen LogP contribution < -0.4 is 4.18 Å². The van der Waals surface area contributed by atoms with Crippen LogP contribution in [0.2, 0.25) is 0 Å². The molecular formula is C6H7O3RbS. The van der Waals surface area contributed by atoms with Crippen molar-refractivity contribution in [1.29, 1.82) is 0 Å². The molecule has 1 rings (SSSR count). The summed E-state index contributed by atoms with van der Waals surface area (Å²) < 4.78 is 24.3. The normalized spacial score (nSPS) is 8.82. The van der Waals surface area contributed by atoms with Gasteiger partial charge in [0.25, 0.3) is 11.0 Å². The van der Waals surface area contributed by atoms with Gasteiger partial charge in [0.05, 0.1) is 0 Å². The molecule has 0 unspecified atom stereocenters. The second-order valence-electron chi connectivity index (χ2n) is 1.63. The second kappa shape index (κ2) is 6.31. The summed E-state index contributed by atoms with van der Waals surface area (Å²) >= 11 is 0. The Balaban J connectivity index is 0.000001000. The van der Waals surface area contributed by atoms with Crippen LogP contribution in [-0.4, -0.2) is 66.6 Å². The summed E-state index contributed by atoms with van der Waals surface area (Å²) in [7, 11) is -2.78. The third-order valence-corrected chi connectivity index (χ3v) is 1.28. The molecule has 0 N–H and O–H groups in total. The predicted octanol–water partition coefficient (Wildman–Crippen LogP) is -0.0567. The number of benzene rings is 1. The van der Waals surface area contributed by atoms with Gasteiger partial charge in [0.15, 0.2) is 0 Å². The topological polar surface area (TPSA) is 43.4 Å². The fraction of sp³-hybridized carbons (Fsp3) is 0. The van der Waals surface area contributed by atoms with Crippen molar-refractivity contribution in [2.45, 2.75) is 0 Å². The molecule has 0 fully saturated rings. The van der Waals surface area contributed by atoms with Crippen LogP contribution in [0.4, 0.5) is 0 Å². The maximum absolute atomic E-state index is 9.98. The average Bonchev–Trinajstić information content (AvgIpc) is 1.88. The molecule has 56 valence electrons. The summed E-state index contributed by atoms with van der Waals surface area (Å²) in [6.07, 6.45) is 0. The molecule has 1 aromatic carbocycles. The van der Waals surface area contributed by atoms with Crippen molar-refractivity contribution in [2.24, 2.45) is 0 Å². The van der Waals surface area contributed by atoms with E-state index in [1.807, 2.05) is 0 Å². The summed E-state index contributed by atoms with van der Waals surface area (Å²) in [5, 5.41) is 0. The zero-order valence-corrected chi connectivity index (χ0v) is 5.95. The number of para-hydroxylation sites is 1. The molecular weight excluding hydrogens is 238 g/mol. The van der Waals surface area contributed by atoms with Crippen LogP contribution in [0.15, 0.2) is 30.3 Å². The Hall–Kier alpha value is 0.775. The Morgan fingerprint density at radius 2 is 1.64 bits per heavy atom. The first-order valence-corrected chi connectivity index (χ1v) is 3.76. The molecule has 0 aliphatic heterocycles. The van der Waals surface area contributed by atoms with E-state index in [1.165, 1.54) is 0 Å². The Kier molecular flexibility index (Phi) is 6.75. The van der Waals surface area contributed by atoms with E-state index in [1.54, 1.807) is 30.3 Å². The molecule has 5 heteroatoms. The van der Waals surface area contributed by atoms with E-state index >= 15 is 0 Å². The zero-order chi connectivity index (χ0) is 7.40. The molecule has 0 aliphatic rings. The Morgan fingerprint density at radius 3 is 2.09 bits per heavy atom. The molecule has 0 bridgehead atoms. The summed E-state index contributed by atoms with van der Waals surface area (Å²) in [6, 6.07) is 8.34. The van der Waals surface area contributed by atoms with Crippen LogP contribution >= 0.6 is 0 Å². The van der Waals surface area contributed by atoms with E-state index in [2.05, 4.69) is 4.18 Å². The monoisotopic (exact) mass is 244 g/mol. The van der Waals surface area contributed by atoms with Gasteiger partial charge in [-0.25, -0.2) is 0 Å². The Bertz CT molecular complexity index is 262. The SMILES string of the molecule is O=[SH](=O)Oc1ccccc1.[RbH]. The third-order valence-electron chi connectivity index (χ3n) is 0.923. The van der Waals surface area contributed by atoms with Gasteiger partial charge in [-0.1, -0.05) is 18.2 Å². The third kappa shape index (κ3) is 5.08. The molecule has 1 aromatic rings. The van der Waals surface area contributed by atoms with Crippen molar-refractivity contribution in [3.05, 3.63) is 30.3 Å². The van der Waals surface area contributed by atoms with Crippen molar-refractivity contribution in [3.8, 4) is 5.75 Å². The fourth-order valence-corrected chi connectivity index (χ4v) is 0.861. The Labute approximate surface area is 116 Å². The van der Waals surface area contributed by atoms with Gasteiger partial charge in [-0.15, -0.1) is 0 Å². The van der Waals surface area contributed by atoms with Crippen LogP contribution in [0.25, 0.3) is 0 Å². The van der Waals surface area contributed by atoms with Crippen LogP contribution in [0.5, 0.6) is 5.75 Å². The van der Waals surface area contributed by atoms with Gasteiger partial charge < -0.3 is 4.18 Å². The van der Waals surface area contributed by atoms with Gasteiger partial charge in [-0.2, -0.15) is 8.42 Å². The molecule has 0 saturated heterocycles. The molecule has 0 radical (unpaired) electrons. The summed E-state index contributed by atoms with van der Waals surface area (Å²) in [5.74, 6) is 0.346. The van der Waals surface area contributed by atoms with Gasteiger partial charge >= 0.3 is 58.2 Å². The van der Waals surface area contributed by atoms with Crippen LogP contribution in [-0.2, 0) is 11.0 Å². The molecule has 11 heavy (non-hydrogen) atoms. The maximum atomic E-state index is 9.98. The van der Waals surface area contributed by atoms with Crippen molar-refractivity contribution < 1.29 is 12.6 Å². The van der Waals surface area contributed by atoms with Gasteiger partial charge in [-0.3, -0.25) is 0 Å².